The molecule has 2 heterocycles. The van der Waals surface area contributed by atoms with Crippen LogP contribution in [0.5, 0.6) is 5.75 Å². The van der Waals surface area contributed by atoms with Gasteiger partial charge in [-0.05, 0) is 88.8 Å². The van der Waals surface area contributed by atoms with Gasteiger partial charge in [0.1, 0.15) is 22.4 Å². The van der Waals surface area contributed by atoms with Crippen LogP contribution in [-0.2, 0) is 22.4 Å². The number of nitriles is 1. The molecule has 0 radical (unpaired) electrons. The van der Waals surface area contributed by atoms with E-state index in [-0.39, 0.29) is 11.5 Å². The van der Waals surface area contributed by atoms with Gasteiger partial charge in [0.2, 0.25) is 0 Å². The van der Waals surface area contributed by atoms with Crippen molar-refractivity contribution in [3.05, 3.63) is 68.9 Å². The first-order valence-electron chi connectivity index (χ1n) is 12.5. The highest BCUT2D eigenvalue weighted by Gasteiger charge is 2.28. The maximum Gasteiger partial charge on any atom is 0.341 e. The van der Waals surface area contributed by atoms with E-state index in [1.54, 1.807) is 35.6 Å². The average Bonchev–Trinajstić information content (AvgIpc) is 3.38. The Morgan fingerprint density at radius 1 is 1.16 bits per heavy atom. The summed E-state index contributed by atoms with van der Waals surface area (Å²) in [4.78, 5) is 27.2. The number of aromatic nitrogens is 1. The molecule has 1 N–H and O–H groups in total. The molecule has 192 valence electrons. The predicted octanol–water partition coefficient (Wildman–Crippen LogP) is 6.16. The van der Waals surface area contributed by atoms with E-state index in [9.17, 15) is 14.9 Å². The lowest BCUT2D eigenvalue weighted by molar-refractivity contribution is -0.112. The molecule has 0 aliphatic heterocycles. The zero-order valence-electron chi connectivity index (χ0n) is 21.6. The molecular weight excluding hydrogens is 486 g/mol. The van der Waals surface area contributed by atoms with Crippen molar-refractivity contribution in [1.29, 1.82) is 5.26 Å². The first-order valence-corrected chi connectivity index (χ1v) is 13.4. The Labute approximate surface area is 221 Å². The number of hydrogen-bond donors (Lipinski definition) is 1. The number of benzene rings is 1. The molecule has 1 amide bonds. The number of rotatable bonds is 8. The Bertz CT molecular complexity index is 1410. The molecule has 0 fully saturated rings. The molecule has 7 nitrogen and oxygen atoms in total. The van der Waals surface area contributed by atoms with Crippen LogP contribution in [0, 0.1) is 25.2 Å². The molecule has 8 heteroatoms. The van der Waals surface area contributed by atoms with Crippen molar-refractivity contribution in [2.75, 3.05) is 18.5 Å². The van der Waals surface area contributed by atoms with Gasteiger partial charge in [0.25, 0.3) is 5.91 Å². The lowest BCUT2D eigenvalue weighted by Gasteiger charge is -2.13. The summed E-state index contributed by atoms with van der Waals surface area (Å²) >= 11 is 1.63. The zero-order chi connectivity index (χ0) is 26.5. The minimum absolute atomic E-state index is 0.0156. The normalized spacial score (nSPS) is 13.0. The molecule has 2 aromatic heterocycles. The summed E-state index contributed by atoms with van der Waals surface area (Å²) in [6, 6.07) is 11.0. The molecule has 0 bridgehead atoms. The number of nitrogens with one attached hydrogen (secondary N) is 1. The van der Waals surface area contributed by atoms with E-state index in [4.69, 9.17) is 9.47 Å². The number of carbonyl (C=O) groups is 2. The van der Waals surface area contributed by atoms with Crippen LogP contribution in [-0.4, -0.2) is 29.7 Å². The Balaban J connectivity index is 1.70. The second-order valence-corrected chi connectivity index (χ2v) is 9.94. The van der Waals surface area contributed by atoms with Gasteiger partial charge in [0.15, 0.2) is 0 Å². The summed E-state index contributed by atoms with van der Waals surface area (Å²) < 4.78 is 13.0. The van der Waals surface area contributed by atoms with Crippen LogP contribution in [0.1, 0.15) is 64.4 Å². The van der Waals surface area contributed by atoms with Crippen molar-refractivity contribution in [1.82, 2.24) is 4.57 Å². The number of hydrogen-bond acceptors (Lipinski definition) is 6. The number of amides is 1. The number of aryl methyl sites for hydroxylation is 2. The second-order valence-electron chi connectivity index (χ2n) is 8.86. The number of thiophene rings is 1. The van der Waals surface area contributed by atoms with Gasteiger partial charge in [-0.2, -0.15) is 5.26 Å². The Morgan fingerprint density at radius 3 is 2.68 bits per heavy atom. The fraction of sp³-hybridized carbons (Fsp3) is 0.345. The average molecular weight is 518 g/mol. The minimum atomic E-state index is -0.500. The molecule has 0 unspecified atom stereocenters. The summed E-state index contributed by atoms with van der Waals surface area (Å²) in [5.41, 5.74) is 4.78. The number of fused-ring (bicyclic) bond motifs is 1. The molecule has 0 atom stereocenters. The van der Waals surface area contributed by atoms with Crippen molar-refractivity contribution in [2.24, 2.45) is 0 Å². The molecule has 0 saturated heterocycles. The van der Waals surface area contributed by atoms with Crippen LogP contribution in [0.25, 0.3) is 11.1 Å². The smallest absolute Gasteiger partial charge is 0.341 e. The highest BCUT2D eigenvalue weighted by atomic mass is 32.1. The fourth-order valence-electron chi connectivity index (χ4n) is 4.70. The molecule has 1 aromatic carbocycles. The van der Waals surface area contributed by atoms with Gasteiger partial charge in [-0.3, -0.25) is 4.79 Å². The number of carbonyl (C=O) groups excluding carboxylic acids is 2. The van der Waals surface area contributed by atoms with Crippen molar-refractivity contribution >= 4 is 35.0 Å². The van der Waals surface area contributed by atoms with Crippen LogP contribution in [0.3, 0.4) is 0 Å². The van der Waals surface area contributed by atoms with Crippen molar-refractivity contribution in [3.63, 3.8) is 0 Å². The quantitative estimate of drug-likeness (QED) is 0.220. The monoisotopic (exact) mass is 517 g/mol. The predicted molar refractivity (Wildman–Crippen MR) is 146 cm³/mol. The molecular formula is C29H31N3O4S. The van der Waals surface area contributed by atoms with Crippen molar-refractivity contribution in [3.8, 4) is 16.8 Å². The zero-order valence-corrected chi connectivity index (χ0v) is 22.5. The third-order valence-corrected chi connectivity index (χ3v) is 7.65. The topological polar surface area (TPSA) is 93.4 Å². The van der Waals surface area contributed by atoms with Crippen LogP contribution in [0.4, 0.5) is 5.69 Å². The van der Waals surface area contributed by atoms with Gasteiger partial charge in [-0.15, -0.1) is 11.3 Å². The lowest BCUT2D eigenvalue weighted by atomic mass is 9.95. The summed E-state index contributed by atoms with van der Waals surface area (Å²) in [6.07, 6.45) is 5.59. The standard InChI is InChI=1S/C29H31N3O4S/c1-5-35-23-11-9-10-22(16-23)31-27(33)21(17-30)15-20-14-18(3)32(19(20)4)28-26(29(34)36-6-2)24-12-7-8-13-25(24)37-28/h9-11,14-16H,5-8,12-13H2,1-4H3,(H,31,33)/b21-15-. The fourth-order valence-corrected chi connectivity index (χ4v) is 6.19. The molecule has 0 spiro atoms. The molecule has 1 aliphatic carbocycles. The SMILES string of the molecule is CCOC(=O)c1c(-n2c(C)cc(/C=C(/C#N)C(=O)Nc3cccc(OCC)c3)c2C)sc2c1CCCC2. The number of ether oxygens (including phenoxy) is 2. The van der Waals surface area contributed by atoms with Crippen LogP contribution >= 0.6 is 11.3 Å². The highest BCUT2D eigenvalue weighted by molar-refractivity contribution is 7.15. The van der Waals surface area contributed by atoms with E-state index in [1.165, 1.54) is 4.88 Å². The molecule has 4 rings (SSSR count). The van der Waals surface area contributed by atoms with Gasteiger partial charge in [0, 0.05) is 28.0 Å². The van der Waals surface area contributed by atoms with Gasteiger partial charge in [-0.1, -0.05) is 6.07 Å². The van der Waals surface area contributed by atoms with Crippen LogP contribution in [0.2, 0.25) is 0 Å². The van der Waals surface area contributed by atoms with E-state index in [0.29, 0.717) is 30.2 Å². The minimum Gasteiger partial charge on any atom is -0.494 e. The third-order valence-electron chi connectivity index (χ3n) is 6.37. The van der Waals surface area contributed by atoms with Crippen molar-refractivity contribution < 1.29 is 19.1 Å². The van der Waals surface area contributed by atoms with E-state index >= 15 is 0 Å². The Kier molecular flexibility index (Phi) is 8.14. The maximum atomic E-state index is 13.0. The van der Waals surface area contributed by atoms with Gasteiger partial charge < -0.3 is 19.4 Å². The van der Waals surface area contributed by atoms with Crippen LogP contribution in [0.15, 0.2) is 35.9 Å². The summed E-state index contributed by atoms with van der Waals surface area (Å²) in [5.74, 6) is -0.157. The number of anilines is 1. The highest BCUT2D eigenvalue weighted by Crippen LogP contribution is 2.39. The molecule has 3 aromatic rings. The van der Waals surface area contributed by atoms with E-state index in [0.717, 1.165) is 53.2 Å². The third kappa shape index (κ3) is 5.47. The van der Waals surface area contributed by atoms with Crippen LogP contribution < -0.4 is 10.1 Å². The largest absolute Gasteiger partial charge is 0.494 e. The van der Waals surface area contributed by atoms with E-state index in [2.05, 4.69) is 5.32 Å². The maximum absolute atomic E-state index is 13.0. The summed E-state index contributed by atoms with van der Waals surface area (Å²) in [5, 5.41) is 13.4. The van der Waals surface area contributed by atoms with Crippen molar-refractivity contribution in [2.45, 2.75) is 53.4 Å². The number of esters is 1. The Morgan fingerprint density at radius 2 is 1.95 bits per heavy atom. The van der Waals surface area contributed by atoms with Gasteiger partial charge in [-0.25, -0.2) is 4.79 Å². The Hall–Kier alpha value is -3.83. The first-order chi connectivity index (χ1) is 17.9. The van der Waals surface area contributed by atoms with Gasteiger partial charge >= 0.3 is 5.97 Å². The second kappa shape index (κ2) is 11.5. The molecule has 0 saturated carbocycles. The van der Waals surface area contributed by atoms with E-state index < -0.39 is 5.91 Å². The molecule has 1 aliphatic rings. The summed E-state index contributed by atoms with van der Waals surface area (Å²) in [7, 11) is 0. The van der Waals surface area contributed by atoms with E-state index in [1.807, 2.05) is 50.5 Å². The first kappa shape index (κ1) is 26.2. The van der Waals surface area contributed by atoms with Gasteiger partial charge in [0.05, 0.1) is 18.8 Å². The number of nitrogens with zero attached hydrogens (tertiary/aromatic N) is 2. The lowest BCUT2D eigenvalue weighted by Crippen LogP contribution is -2.13. The molecule has 37 heavy (non-hydrogen) atoms. The summed E-state index contributed by atoms with van der Waals surface area (Å²) in [6.45, 7) is 8.43.